The Morgan fingerprint density at radius 2 is 1.74 bits per heavy atom. The maximum absolute atomic E-state index is 9.98. The smallest absolute Gasteiger partial charge is 0.119 e. The molecule has 2 atom stereocenters. The molecule has 4 nitrogen and oxygen atoms in total. The van der Waals surface area contributed by atoms with Crippen LogP contribution in [0.3, 0.4) is 0 Å². The van der Waals surface area contributed by atoms with Crippen LogP contribution in [0.4, 0.5) is 0 Å². The average Bonchev–Trinajstić information content (AvgIpc) is 2.61. The number of aliphatic hydroxyl groups excluding tert-OH is 1. The van der Waals surface area contributed by atoms with Crippen LogP contribution in [-0.2, 0) is 13.2 Å². The summed E-state index contributed by atoms with van der Waals surface area (Å²) in [6, 6.07) is 12.3. The number of nitrogens with one attached hydrogen (secondary N) is 1. The zero-order valence-corrected chi connectivity index (χ0v) is 13.3. The Morgan fingerprint density at radius 3 is 2.48 bits per heavy atom. The van der Waals surface area contributed by atoms with E-state index in [1.165, 1.54) is 12.0 Å². The maximum atomic E-state index is 9.98. The summed E-state index contributed by atoms with van der Waals surface area (Å²) in [6.45, 7) is 1.33. The second kappa shape index (κ2) is 8.09. The normalized spacial score (nSPS) is 21.1. The summed E-state index contributed by atoms with van der Waals surface area (Å²) in [5.74, 6) is 0.864. The molecule has 0 saturated heterocycles. The summed E-state index contributed by atoms with van der Waals surface area (Å²) in [4.78, 5) is 4.00. The maximum Gasteiger partial charge on any atom is 0.119 e. The van der Waals surface area contributed by atoms with Crippen LogP contribution >= 0.6 is 0 Å². The third-order valence-corrected chi connectivity index (χ3v) is 4.38. The Balaban J connectivity index is 1.47. The van der Waals surface area contributed by atoms with E-state index in [0.717, 1.165) is 37.1 Å². The van der Waals surface area contributed by atoms with Crippen LogP contribution in [0.1, 0.15) is 36.8 Å². The molecule has 2 aromatic rings. The van der Waals surface area contributed by atoms with Gasteiger partial charge in [0.25, 0.3) is 0 Å². The van der Waals surface area contributed by atoms with Crippen molar-refractivity contribution in [1.29, 1.82) is 0 Å². The van der Waals surface area contributed by atoms with Gasteiger partial charge in [-0.3, -0.25) is 4.98 Å². The fraction of sp³-hybridized carbons (Fsp3) is 0.421. The van der Waals surface area contributed by atoms with E-state index in [1.54, 1.807) is 12.4 Å². The second-order valence-electron chi connectivity index (χ2n) is 6.13. The summed E-state index contributed by atoms with van der Waals surface area (Å²) in [5.41, 5.74) is 2.32. The largest absolute Gasteiger partial charge is 0.489 e. The van der Waals surface area contributed by atoms with E-state index in [4.69, 9.17) is 4.74 Å². The Kier molecular flexibility index (Phi) is 5.61. The van der Waals surface area contributed by atoms with Gasteiger partial charge < -0.3 is 15.2 Å². The van der Waals surface area contributed by atoms with Gasteiger partial charge in [-0.05, 0) is 48.2 Å². The highest BCUT2D eigenvalue weighted by atomic mass is 16.5. The van der Waals surface area contributed by atoms with Crippen molar-refractivity contribution in [2.75, 3.05) is 0 Å². The first-order valence-corrected chi connectivity index (χ1v) is 8.33. The number of pyridine rings is 1. The molecule has 0 bridgehead atoms. The van der Waals surface area contributed by atoms with Crippen molar-refractivity contribution >= 4 is 0 Å². The number of hydrogen-bond donors (Lipinski definition) is 2. The average molecular weight is 312 g/mol. The van der Waals surface area contributed by atoms with Gasteiger partial charge in [0.1, 0.15) is 12.4 Å². The van der Waals surface area contributed by atoms with Gasteiger partial charge in [0.05, 0.1) is 6.10 Å². The van der Waals surface area contributed by atoms with Crippen molar-refractivity contribution in [2.45, 2.75) is 51.0 Å². The number of aliphatic hydroxyl groups is 1. The molecule has 0 amide bonds. The van der Waals surface area contributed by atoms with E-state index in [2.05, 4.69) is 22.4 Å². The summed E-state index contributed by atoms with van der Waals surface area (Å²) in [7, 11) is 0. The van der Waals surface area contributed by atoms with Crippen LogP contribution in [0.15, 0.2) is 48.8 Å². The lowest BCUT2D eigenvalue weighted by Gasteiger charge is -2.28. The molecule has 1 aromatic carbocycles. The van der Waals surface area contributed by atoms with Gasteiger partial charge in [-0.15, -0.1) is 0 Å². The lowest BCUT2D eigenvalue weighted by atomic mass is 9.92. The van der Waals surface area contributed by atoms with Crippen LogP contribution in [0.25, 0.3) is 0 Å². The highest BCUT2D eigenvalue weighted by Crippen LogP contribution is 2.19. The number of aromatic nitrogens is 1. The minimum absolute atomic E-state index is 0.202. The molecule has 1 aliphatic carbocycles. The van der Waals surface area contributed by atoms with Crippen molar-refractivity contribution in [3.05, 3.63) is 59.9 Å². The highest BCUT2D eigenvalue weighted by Gasteiger charge is 2.21. The van der Waals surface area contributed by atoms with Crippen LogP contribution in [0.2, 0.25) is 0 Å². The molecule has 1 aliphatic rings. The summed E-state index contributed by atoms with van der Waals surface area (Å²) in [6.07, 6.45) is 7.67. The molecule has 2 N–H and O–H groups in total. The van der Waals surface area contributed by atoms with E-state index in [9.17, 15) is 5.11 Å². The zero-order chi connectivity index (χ0) is 15.9. The number of rotatable bonds is 6. The van der Waals surface area contributed by atoms with Crippen molar-refractivity contribution in [2.24, 2.45) is 0 Å². The number of hydrogen-bond acceptors (Lipinski definition) is 4. The predicted octanol–water partition coefficient (Wildman–Crippen LogP) is 3.05. The van der Waals surface area contributed by atoms with E-state index >= 15 is 0 Å². The van der Waals surface area contributed by atoms with Crippen molar-refractivity contribution in [3.8, 4) is 5.75 Å². The zero-order valence-electron chi connectivity index (χ0n) is 13.3. The molecule has 4 heteroatoms. The monoisotopic (exact) mass is 312 g/mol. The first kappa shape index (κ1) is 16.0. The van der Waals surface area contributed by atoms with E-state index in [1.807, 2.05) is 24.3 Å². The van der Waals surface area contributed by atoms with E-state index in [0.29, 0.717) is 6.61 Å². The van der Waals surface area contributed by atoms with Gasteiger partial charge in [0, 0.05) is 25.0 Å². The van der Waals surface area contributed by atoms with Gasteiger partial charge in [-0.1, -0.05) is 25.0 Å². The van der Waals surface area contributed by atoms with Crippen molar-refractivity contribution in [3.63, 3.8) is 0 Å². The molecular weight excluding hydrogens is 288 g/mol. The Bertz CT molecular complexity index is 586. The Labute approximate surface area is 137 Å². The van der Waals surface area contributed by atoms with E-state index in [-0.39, 0.29) is 12.1 Å². The highest BCUT2D eigenvalue weighted by molar-refractivity contribution is 5.27. The van der Waals surface area contributed by atoms with E-state index < -0.39 is 0 Å². The first-order valence-electron chi connectivity index (χ1n) is 8.33. The number of benzene rings is 1. The summed E-state index contributed by atoms with van der Waals surface area (Å²) >= 11 is 0. The predicted molar refractivity (Wildman–Crippen MR) is 90.1 cm³/mol. The molecule has 1 aromatic heterocycles. The number of nitrogens with zero attached hydrogens (tertiary/aromatic N) is 1. The fourth-order valence-electron chi connectivity index (χ4n) is 2.95. The molecule has 0 aliphatic heterocycles. The van der Waals surface area contributed by atoms with Gasteiger partial charge in [0.2, 0.25) is 0 Å². The minimum atomic E-state index is -0.202. The minimum Gasteiger partial charge on any atom is -0.489 e. The molecule has 1 heterocycles. The quantitative estimate of drug-likeness (QED) is 0.861. The van der Waals surface area contributed by atoms with Crippen LogP contribution in [0.5, 0.6) is 5.75 Å². The Hall–Kier alpha value is -1.91. The molecule has 0 spiro atoms. The SMILES string of the molecule is OC1CCCCC1NCc1ccc(OCc2ccncc2)cc1. The summed E-state index contributed by atoms with van der Waals surface area (Å²) < 4.78 is 5.77. The van der Waals surface area contributed by atoms with Crippen LogP contribution in [0, 0.1) is 0 Å². The van der Waals surface area contributed by atoms with Gasteiger partial charge >= 0.3 is 0 Å². The molecule has 0 radical (unpaired) electrons. The molecule has 1 saturated carbocycles. The molecule has 23 heavy (non-hydrogen) atoms. The third kappa shape index (κ3) is 4.78. The van der Waals surface area contributed by atoms with Crippen LogP contribution < -0.4 is 10.1 Å². The van der Waals surface area contributed by atoms with Crippen molar-refractivity contribution in [1.82, 2.24) is 10.3 Å². The third-order valence-electron chi connectivity index (χ3n) is 4.38. The molecular formula is C19H24N2O2. The molecule has 122 valence electrons. The van der Waals surface area contributed by atoms with Crippen LogP contribution in [-0.4, -0.2) is 22.2 Å². The summed E-state index contributed by atoms with van der Waals surface area (Å²) in [5, 5.41) is 13.4. The standard InChI is InChI=1S/C19H24N2O2/c22-19-4-2-1-3-18(19)21-13-15-5-7-17(8-6-15)23-14-16-9-11-20-12-10-16/h5-12,18-19,21-22H,1-4,13-14H2. The second-order valence-corrected chi connectivity index (χ2v) is 6.13. The van der Waals surface area contributed by atoms with Crippen molar-refractivity contribution < 1.29 is 9.84 Å². The Morgan fingerprint density at radius 1 is 1.00 bits per heavy atom. The molecule has 3 rings (SSSR count). The lowest BCUT2D eigenvalue weighted by Crippen LogP contribution is -2.41. The number of ether oxygens (including phenoxy) is 1. The topological polar surface area (TPSA) is 54.4 Å². The van der Waals surface area contributed by atoms with Gasteiger partial charge in [0.15, 0.2) is 0 Å². The lowest BCUT2D eigenvalue weighted by molar-refractivity contribution is 0.0902. The fourth-order valence-corrected chi connectivity index (χ4v) is 2.95. The molecule has 1 fully saturated rings. The van der Waals surface area contributed by atoms with Gasteiger partial charge in [-0.25, -0.2) is 0 Å². The molecule has 2 unspecified atom stereocenters. The van der Waals surface area contributed by atoms with Gasteiger partial charge in [-0.2, -0.15) is 0 Å². The first-order chi connectivity index (χ1) is 11.3.